The van der Waals surface area contributed by atoms with Crippen molar-refractivity contribution in [2.24, 2.45) is 0 Å². The number of carboxylic acids is 4. The Hall–Kier alpha value is 3.95. The second-order valence-corrected chi connectivity index (χ2v) is 7.27. The maximum atomic E-state index is 11.5. The average Bonchev–Trinajstić information content (AvgIpc) is 2.65. The molecule has 6 radical (unpaired) electrons. The van der Waals surface area contributed by atoms with Gasteiger partial charge in [0.1, 0.15) is 6.04 Å². The van der Waals surface area contributed by atoms with Crippen molar-refractivity contribution in [3.8, 4) is 0 Å². The third-order valence-electron chi connectivity index (χ3n) is 4.91. The fourth-order valence-electron chi connectivity index (χ4n) is 3.31. The Labute approximate surface area is 369 Å². The van der Waals surface area contributed by atoms with E-state index in [1.54, 1.807) is 26.5 Å². The minimum absolute atomic E-state index is 0. The van der Waals surface area contributed by atoms with Crippen LogP contribution >= 0.6 is 0 Å². The van der Waals surface area contributed by atoms with E-state index in [0.717, 1.165) is 19.6 Å². The van der Waals surface area contributed by atoms with Gasteiger partial charge >= 0.3 is 5.97 Å². The first kappa shape index (κ1) is 53.5. The topological polar surface area (TPSA) is 162 Å². The molecule has 4 N–H and O–H groups in total. The average molecular weight is 977 g/mol. The van der Waals surface area contributed by atoms with Gasteiger partial charge in [0.05, 0.1) is 0 Å². The number of rotatable bonds is 8. The van der Waals surface area contributed by atoms with Crippen LogP contribution in [0.25, 0.3) is 0 Å². The Bertz CT molecular complexity index is 641. The summed E-state index contributed by atoms with van der Waals surface area (Å²) in [7, 11) is 0. The van der Waals surface area contributed by atoms with Gasteiger partial charge in [0.2, 0.25) is 0 Å². The Morgan fingerprint density at radius 2 is 0.838 bits per heavy atom. The summed E-state index contributed by atoms with van der Waals surface area (Å²) < 4.78 is 0. The minimum atomic E-state index is -1.12. The standard InChI is InChI=1S/C19H31N4O8.6Y/c1-15(19(30)31)23-7-3-6-21(13-17(26)27)9-8-20(12-16(24)25)4-2-5-22(10-11-23)14-18(28)29;;;;;;/h12-15H,2-11H2,1H3,(H,24,25)(H,26,27)(H,28,29)(H,30,31);;;;;;/q-3;;;;;;. The van der Waals surface area contributed by atoms with E-state index in [-0.39, 0.29) is 216 Å². The van der Waals surface area contributed by atoms with Crippen LogP contribution in [0.4, 0.5) is 0 Å². The van der Waals surface area contributed by atoms with E-state index in [0.29, 0.717) is 45.6 Å². The van der Waals surface area contributed by atoms with Crippen LogP contribution in [-0.2, 0) is 215 Å². The molecule has 0 bridgehead atoms. The molecule has 0 aromatic rings. The fraction of sp³-hybridized carbons (Fsp3) is 0.632. The zero-order valence-electron chi connectivity index (χ0n) is 21.1. The van der Waals surface area contributed by atoms with E-state index < -0.39 is 29.9 Å². The maximum absolute atomic E-state index is 11.5. The van der Waals surface area contributed by atoms with Gasteiger partial charge in [-0.15, -0.1) is 0 Å². The molecule has 1 fully saturated rings. The van der Waals surface area contributed by atoms with Gasteiger partial charge in [-0.2, -0.15) is 0 Å². The zero-order valence-corrected chi connectivity index (χ0v) is 38.1. The molecule has 37 heavy (non-hydrogen) atoms. The summed E-state index contributed by atoms with van der Waals surface area (Å²) in [6.45, 7) is 7.23. The van der Waals surface area contributed by atoms with Crippen molar-refractivity contribution in [2.75, 3.05) is 52.4 Å². The normalized spacial score (nSPS) is 16.9. The van der Waals surface area contributed by atoms with Gasteiger partial charge in [0, 0.05) is 209 Å². The van der Waals surface area contributed by atoms with Crippen molar-refractivity contribution in [1.29, 1.82) is 0 Å². The van der Waals surface area contributed by atoms with Crippen LogP contribution in [-0.4, -0.2) is 122 Å². The van der Waals surface area contributed by atoms with Crippen LogP contribution in [0.1, 0.15) is 19.8 Å². The van der Waals surface area contributed by atoms with Gasteiger partial charge < -0.3 is 35.1 Å². The third kappa shape index (κ3) is 27.3. The monoisotopic (exact) mass is 977 g/mol. The van der Waals surface area contributed by atoms with Crippen LogP contribution in [0.5, 0.6) is 0 Å². The first-order chi connectivity index (χ1) is 14.6. The number of hydrogen-bond acceptors (Lipinski definition) is 8. The third-order valence-corrected chi connectivity index (χ3v) is 4.91. The number of carboxylic acid groups (broad SMARTS) is 4. The minimum Gasteiger partial charge on any atom is -0.502 e. The molecule has 1 atom stereocenters. The smallest absolute Gasteiger partial charge is 0.320 e. The second-order valence-electron chi connectivity index (χ2n) is 7.27. The van der Waals surface area contributed by atoms with Crippen molar-refractivity contribution in [3.05, 3.63) is 19.6 Å². The number of aliphatic carboxylic acids is 4. The summed E-state index contributed by atoms with van der Waals surface area (Å²) in [5.41, 5.74) is 0. The maximum Gasteiger partial charge on any atom is 0.320 e. The molecule has 1 aliphatic heterocycles. The van der Waals surface area contributed by atoms with E-state index in [1.807, 2.05) is 0 Å². The van der Waals surface area contributed by atoms with Gasteiger partial charge in [-0.05, 0) is 59.0 Å². The summed E-state index contributed by atoms with van der Waals surface area (Å²) in [6, 6.07) is -0.780. The quantitative estimate of drug-likeness (QED) is 0.225. The van der Waals surface area contributed by atoms with Crippen LogP contribution in [0.15, 0.2) is 0 Å². The predicted molar refractivity (Wildman–Crippen MR) is 108 cm³/mol. The summed E-state index contributed by atoms with van der Waals surface area (Å²) in [4.78, 5) is 51.3. The molecular weight excluding hydrogens is 946 g/mol. The van der Waals surface area contributed by atoms with Crippen LogP contribution in [0.2, 0.25) is 0 Å². The molecule has 1 rings (SSSR count). The molecule has 0 aliphatic carbocycles. The Morgan fingerprint density at radius 3 is 1.14 bits per heavy atom. The molecule has 196 valence electrons. The second kappa shape index (κ2) is 31.4. The van der Waals surface area contributed by atoms with Crippen molar-refractivity contribution in [3.63, 3.8) is 0 Å². The van der Waals surface area contributed by atoms with Crippen LogP contribution in [0, 0.1) is 19.6 Å². The SMILES string of the molecule is CC(C(=O)O)N1CCCN([CH-]C(=O)O)CCN([CH-]C(=O)O)CCCN([CH-]C(=O)O)CC1.[Y].[Y].[Y].[Y].[Y].[Y]. The first-order valence-corrected chi connectivity index (χ1v) is 10.0. The van der Waals surface area contributed by atoms with Crippen molar-refractivity contribution >= 4 is 23.9 Å². The molecule has 0 aromatic heterocycles. The molecule has 0 amide bonds. The van der Waals surface area contributed by atoms with E-state index >= 15 is 0 Å². The van der Waals surface area contributed by atoms with Crippen molar-refractivity contribution < 1.29 is 236 Å². The van der Waals surface area contributed by atoms with Gasteiger partial charge in [-0.25, -0.2) is 19.6 Å². The number of hydrogen-bond donors (Lipinski definition) is 4. The summed E-state index contributed by atoms with van der Waals surface area (Å²) in [5, 5.41) is 36.7. The van der Waals surface area contributed by atoms with Crippen molar-refractivity contribution in [2.45, 2.75) is 25.8 Å². The summed E-state index contributed by atoms with van der Waals surface area (Å²) >= 11 is 0. The largest absolute Gasteiger partial charge is 0.502 e. The zero-order chi connectivity index (χ0) is 23.4. The first-order valence-electron chi connectivity index (χ1n) is 10.0. The molecule has 1 aliphatic rings. The molecule has 0 spiro atoms. The molecule has 1 saturated heterocycles. The van der Waals surface area contributed by atoms with Crippen LogP contribution in [0.3, 0.4) is 0 Å². The van der Waals surface area contributed by atoms with Gasteiger partial charge in [0.25, 0.3) is 0 Å². The predicted octanol–water partition coefficient (Wildman–Crippen LogP) is -0.815. The fourth-order valence-corrected chi connectivity index (χ4v) is 3.31. The van der Waals surface area contributed by atoms with E-state index in [9.17, 15) is 24.3 Å². The molecule has 1 unspecified atom stereocenters. The molecule has 0 saturated carbocycles. The molecular formula is C19H31N4O8Y6-3. The summed E-state index contributed by atoms with van der Waals surface area (Å²) in [5.74, 6) is -4.36. The molecule has 18 heteroatoms. The molecule has 12 nitrogen and oxygen atoms in total. The molecule has 0 aromatic carbocycles. The number of carbonyl (C=O) groups is 4. The van der Waals surface area contributed by atoms with Crippen molar-refractivity contribution in [1.82, 2.24) is 19.6 Å². The Morgan fingerprint density at radius 1 is 0.541 bits per heavy atom. The van der Waals surface area contributed by atoms with E-state index in [1.165, 1.54) is 0 Å². The van der Waals surface area contributed by atoms with Gasteiger partial charge in [-0.1, -0.05) is 0 Å². The molecule has 1 heterocycles. The van der Waals surface area contributed by atoms with E-state index in [4.69, 9.17) is 15.3 Å². The van der Waals surface area contributed by atoms with Gasteiger partial charge in [0.15, 0.2) is 17.9 Å². The van der Waals surface area contributed by atoms with Gasteiger partial charge in [-0.3, -0.25) is 24.1 Å². The Balaban J connectivity index is -0.000000400. The Kier molecular flexibility index (Phi) is 45.4. The summed E-state index contributed by atoms with van der Waals surface area (Å²) in [6.07, 6.45) is 0.942. The van der Waals surface area contributed by atoms with E-state index in [2.05, 4.69) is 0 Å². The van der Waals surface area contributed by atoms with Crippen LogP contribution < -0.4 is 0 Å². The number of nitrogens with zero attached hydrogens (tertiary/aromatic N) is 4.